The first-order valence-corrected chi connectivity index (χ1v) is 12.1. The molecule has 7 heteroatoms. The second kappa shape index (κ2) is 11.1. The second-order valence-electron chi connectivity index (χ2n) is 9.27. The molecule has 1 aromatic heterocycles. The Bertz CT molecular complexity index is 895. The quantitative estimate of drug-likeness (QED) is 0.511. The molecule has 4 rings (SSSR count). The number of carbonyl (C=O) groups is 1. The van der Waals surface area contributed by atoms with E-state index in [1.807, 2.05) is 12.1 Å². The highest BCUT2D eigenvalue weighted by atomic mass is 19.1. The fourth-order valence-corrected chi connectivity index (χ4v) is 5.34. The molecular formula is C25H35FN4O2. The van der Waals surface area contributed by atoms with E-state index in [0.717, 1.165) is 68.5 Å². The van der Waals surface area contributed by atoms with Crippen LogP contribution in [0.15, 0.2) is 30.5 Å². The van der Waals surface area contributed by atoms with Crippen LogP contribution in [0.25, 0.3) is 10.8 Å². The van der Waals surface area contributed by atoms with Crippen LogP contribution in [-0.2, 0) is 4.79 Å². The number of anilines is 1. The maximum absolute atomic E-state index is 13.8. The van der Waals surface area contributed by atoms with Gasteiger partial charge in [-0.3, -0.25) is 4.79 Å². The molecule has 0 bridgehead atoms. The molecule has 0 spiro atoms. The van der Waals surface area contributed by atoms with E-state index in [-0.39, 0.29) is 18.3 Å². The summed E-state index contributed by atoms with van der Waals surface area (Å²) in [6, 6.07) is 7.31. The molecule has 0 radical (unpaired) electrons. The van der Waals surface area contributed by atoms with Gasteiger partial charge < -0.3 is 20.6 Å². The molecule has 2 heterocycles. The van der Waals surface area contributed by atoms with Crippen LogP contribution in [0.2, 0.25) is 0 Å². The Morgan fingerprint density at radius 3 is 2.66 bits per heavy atom. The van der Waals surface area contributed by atoms with Gasteiger partial charge in [0.1, 0.15) is 11.6 Å². The lowest BCUT2D eigenvalue weighted by Crippen LogP contribution is -2.46. The molecule has 0 amide bonds. The molecule has 1 aliphatic carbocycles. The highest BCUT2D eigenvalue weighted by Crippen LogP contribution is 2.28. The van der Waals surface area contributed by atoms with E-state index in [2.05, 4.69) is 20.5 Å². The number of hydrogen-bond acceptors (Lipinski definition) is 5. The van der Waals surface area contributed by atoms with Crippen molar-refractivity contribution in [2.24, 2.45) is 5.92 Å². The Balaban J connectivity index is 1.23. The number of pyridine rings is 1. The SMILES string of the molecule is O=C(O)CC(NCCNC1CCN(c2nccc3ccc(F)cc23)CC1)C1CCCCC1. The number of nitrogens with zero attached hydrogens (tertiary/aromatic N) is 2. The molecule has 2 fully saturated rings. The van der Waals surface area contributed by atoms with Crippen molar-refractivity contribution >= 4 is 22.6 Å². The van der Waals surface area contributed by atoms with Crippen molar-refractivity contribution in [3.63, 3.8) is 0 Å². The van der Waals surface area contributed by atoms with Crippen LogP contribution in [0, 0.1) is 11.7 Å². The Morgan fingerprint density at radius 2 is 1.91 bits per heavy atom. The van der Waals surface area contributed by atoms with E-state index >= 15 is 0 Å². The van der Waals surface area contributed by atoms with Crippen LogP contribution >= 0.6 is 0 Å². The molecule has 1 atom stereocenters. The number of aromatic nitrogens is 1. The van der Waals surface area contributed by atoms with Gasteiger partial charge in [0.15, 0.2) is 0 Å². The molecule has 2 aromatic rings. The molecule has 1 aliphatic heterocycles. The summed E-state index contributed by atoms with van der Waals surface area (Å²) in [6.07, 6.45) is 10.0. The number of piperidine rings is 1. The number of carboxylic acids is 1. The first-order valence-electron chi connectivity index (χ1n) is 12.1. The van der Waals surface area contributed by atoms with E-state index in [4.69, 9.17) is 0 Å². The molecule has 1 unspecified atom stereocenters. The van der Waals surface area contributed by atoms with E-state index in [0.29, 0.717) is 12.0 Å². The van der Waals surface area contributed by atoms with Gasteiger partial charge >= 0.3 is 5.97 Å². The third-order valence-corrected chi connectivity index (χ3v) is 7.08. The molecule has 6 nitrogen and oxygen atoms in total. The van der Waals surface area contributed by atoms with Gasteiger partial charge in [-0.2, -0.15) is 0 Å². The molecular weight excluding hydrogens is 407 g/mol. The summed E-state index contributed by atoms with van der Waals surface area (Å²) in [5.74, 6) is 0.410. The van der Waals surface area contributed by atoms with Crippen LogP contribution < -0.4 is 15.5 Å². The first kappa shape index (κ1) is 22.9. The molecule has 2 aliphatic rings. The fraction of sp³-hybridized carbons (Fsp3) is 0.600. The zero-order chi connectivity index (χ0) is 22.3. The highest BCUT2D eigenvalue weighted by molar-refractivity contribution is 5.92. The molecule has 1 aromatic carbocycles. The van der Waals surface area contributed by atoms with Gasteiger partial charge in [0.05, 0.1) is 6.42 Å². The van der Waals surface area contributed by atoms with Crippen LogP contribution in [0.4, 0.5) is 10.2 Å². The summed E-state index contributed by atoms with van der Waals surface area (Å²) in [4.78, 5) is 18.1. The standard InChI is InChI=1S/C25H35FN4O2/c26-20-7-6-18-8-11-29-25(22(18)16-20)30-14-9-21(10-15-30)27-12-13-28-23(17-24(31)32)19-4-2-1-3-5-19/h6-8,11,16,19,21,23,27-28H,1-5,9-10,12-15,17H2,(H,31,32). The monoisotopic (exact) mass is 442 g/mol. The van der Waals surface area contributed by atoms with E-state index in [1.165, 1.54) is 25.3 Å². The fourth-order valence-electron chi connectivity index (χ4n) is 5.34. The largest absolute Gasteiger partial charge is 0.481 e. The van der Waals surface area contributed by atoms with Crippen LogP contribution in [0.3, 0.4) is 0 Å². The van der Waals surface area contributed by atoms with Crippen LogP contribution in [0.1, 0.15) is 51.4 Å². The van der Waals surface area contributed by atoms with Crippen molar-refractivity contribution < 1.29 is 14.3 Å². The Morgan fingerprint density at radius 1 is 1.12 bits per heavy atom. The number of rotatable bonds is 9. The minimum atomic E-state index is -0.713. The molecule has 1 saturated heterocycles. The Labute approximate surface area is 189 Å². The van der Waals surface area contributed by atoms with Crippen molar-refractivity contribution in [2.45, 2.75) is 63.5 Å². The highest BCUT2D eigenvalue weighted by Gasteiger charge is 2.25. The van der Waals surface area contributed by atoms with Gasteiger partial charge in [-0.25, -0.2) is 9.37 Å². The van der Waals surface area contributed by atoms with Crippen molar-refractivity contribution in [1.29, 1.82) is 0 Å². The molecule has 3 N–H and O–H groups in total. The zero-order valence-corrected chi connectivity index (χ0v) is 18.7. The maximum Gasteiger partial charge on any atom is 0.304 e. The Kier molecular flexibility index (Phi) is 7.92. The summed E-state index contributed by atoms with van der Waals surface area (Å²) in [6.45, 7) is 3.40. The average molecular weight is 443 g/mol. The predicted octanol–water partition coefficient (Wildman–Crippen LogP) is 3.95. The smallest absolute Gasteiger partial charge is 0.304 e. The zero-order valence-electron chi connectivity index (χ0n) is 18.7. The lowest BCUT2D eigenvalue weighted by Gasteiger charge is -2.34. The summed E-state index contributed by atoms with van der Waals surface area (Å²) < 4.78 is 13.8. The first-order chi connectivity index (χ1) is 15.6. The molecule has 174 valence electrons. The van der Waals surface area contributed by atoms with Crippen molar-refractivity contribution in [2.75, 3.05) is 31.1 Å². The number of hydrogen-bond donors (Lipinski definition) is 3. The van der Waals surface area contributed by atoms with Crippen LogP contribution in [-0.4, -0.2) is 54.3 Å². The normalized spacial score (nSPS) is 19.3. The third-order valence-electron chi connectivity index (χ3n) is 7.08. The van der Waals surface area contributed by atoms with Gasteiger partial charge in [-0.15, -0.1) is 0 Å². The molecule has 32 heavy (non-hydrogen) atoms. The van der Waals surface area contributed by atoms with Gasteiger partial charge in [0.25, 0.3) is 0 Å². The number of aliphatic carboxylic acids is 1. The molecule has 1 saturated carbocycles. The Hall–Kier alpha value is -2.25. The summed E-state index contributed by atoms with van der Waals surface area (Å²) in [5, 5.41) is 18.3. The van der Waals surface area contributed by atoms with Crippen molar-refractivity contribution in [3.05, 3.63) is 36.3 Å². The van der Waals surface area contributed by atoms with E-state index < -0.39 is 5.97 Å². The van der Waals surface area contributed by atoms with Crippen molar-refractivity contribution in [1.82, 2.24) is 15.6 Å². The predicted molar refractivity (Wildman–Crippen MR) is 126 cm³/mol. The summed E-state index contributed by atoms with van der Waals surface area (Å²) in [5.41, 5.74) is 0. The van der Waals surface area contributed by atoms with Gasteiger partial charge in [-0.1, -0.05) is 25.3 Å². The third kappa shape index (κ3) is 5.95. The topological polar surface area (TPSA) is 77.5 Å². The number of fused-ring (bicyclic) bond motifs is 1. The number of halogens is 1. The number of nitrogens with one attached hydrogen (secondary N) is 2. The lowest BCUT2D eigenvalue weighted by molar-refractivity contribution is -0.138. The van der Waals surface area contributed by atoms with Crippen molar-refractivity contribution in [3.8, 4) is 0 Å². The van der Waals surface area contributed by atoms with E-state index in [1.54, 1.807) is 12.3 Å². The second-order valence-corrected chi connectivity index (χ2v) is 9.27. The summed E-state index contributed by atoms with van der Waals surface area (Å²) in [7, 11) is 0. The van der Waals surface area contributed by atoms with Gasteiger partial charge in [0, 0.05) is 49.8 Å². The van der Waals surface area contributed by atoms with Gasteiger partial charge in [0.2, 0.25) is 0 Å². The van der Waals surface area contributed by atoms with Gasteiger partial charge in [-0.05, 0) is 55.2 Å². The maximum atomic E-state index is 13.8. The van der Waals surface area contributed by atoms with E-state index in [9.17, 15) is 14.3 Å². The minimum Gasteiger partial charge on any atom is -0.481 e. The minimum absolute atomic E-state index is 0.0780. The summed E-state index contributed by atoms with van der Waals surface area (Å²) >= 11 is 0. The number of benzene rings is 1. The lowest BCUT2D eigenvalue weighted by atomic mass is 9.82. The number of carboxylic acid groups (broad SMARTS) is 1. The van der Waals surface area contributed by atoms with Crippen LogP contribution in [0.5, 0.6) is 0 Å². The average Bonchev–Trinajstić information content (AvgIpc) is 2.81.